The topological polar surface area (TPSA) is 76.7 Å². The molecule has 2 N–H and O–H groups in total. The first-order valence-electron chi connectivity index (χ1n) is 8.74. The minimum absolute atomic E-state index is 0.303. The quantitative estimate of drug-likeness (QED) is 0.582. The molecule has 2 aromatic rings. The highest BCUT2D eigenvalue weighted by Gasteiger charge is 2.12. The molecule has 0 aliphatic heterocycles. The van der Waals surface area contributed by atoms with Crippen molar-refractivity contribution in [1.82, 2.24) is 5.32 Å². The van der Waals surface area contributed by atoms with E-state index in [-0.39, 0.29) is 0 Å². The summed E-state index contributed by atoms with van der Waals surface area (Å²) < 4.78 is 10.3. The van der Waals surface area contributed by atoms with Crippen LogP contribution in [0.1, 0.15) is 27.9 Å². The molecule has 0 saturated heterocycles. The molecule has 0 unspecified atom stereocenters. The van der Waals surface area contributed by atoms with E-state index in [4.69, 9.17) is 16.3 Å². The molecule has 1 aliphatic carbocycles. The number of anilines is 1. The van der Waals surface area contributed by atoms with Gasteiger partial charge in [-0.15, -0.1) is 0 Å². The van der Waals surface area contributed by atoms with Crippen molar-refractivity contribution in [3.63, 3.8) is 0 Å². The summed E-state index contributed by atoms with van der Waals surface area (Å²) in [6.07, 6.45) is 3.43. The Labute approximate surface area is 162 Å². The lowest BCUT2D eigenvalue weighted by Gasteiger charge is -2.11. The van der Waals surface area contributed by atoms with Crippen LogP contribution >= 0.6 is 11.6 Å². The molecule has 0 bridgehead atoms. The van der Waals surface area contributed by atoms with E-state index in [0.717, 1.165) is 18.6 Å². The second-order valence-corrected chi connectivity index (χ2v) is 6.61. The van der Waals surface area contributed by atoms with Gasteiger partial charge in [-0.25, -0.2) is 9.59 Å². The van der Waals surface area contributed by atoms with Gasteiger partial charge in [0.2, 0.25) is 0 Å². The summed E-state index contributed by atoms with van der Waals surface area (Å²) in [5, 5.41) is 5.64. The predicted octanol–water partition coefficient (Wildman–Crippen LogP) is 3.82. The summed E-state index contributed by atoms with van der Waals surface area (Å²) in [6, 6.07) is 10.2. The molecule has 0 heterocycles. The van der Waals surface area contributed by atoms with Crippen molar-refractivity contribution in [2.45, 2.75) is 19.3 Å². The minimum Gasteiger partial charge on any atom is -0.492 e. The first-order chi connectivity index (χ1) is 13.1. The zero-order valence-corrected chi connectivity index (χ0v) is 15.8. The average Bonchev–Trinajstić information content (AvgIpc) is 3.14. The van der Waals surface area contributed by atoms with Gasteiger partial charge in [-0.3, -0.25) is 0 Å². The van der Waals surface area contributed by atoms with Crippen molar-refractivity contribution in [3.8, 4) is 5.75 Å². The summed E-state index contributed by atoms with van der Waals surface area (Å²) in [5.74, 6) is 0.310. The molecule has 0 saturated carbocycles. The number of carbonyl (C=O) groups excluding carboxylic acids is 2. The molecule has 0 aromatic heterocycles. The lowest BCUT2D eigenvalue weighted by atomic mass is 10.1. The first-order valence-corrected chi connectivity index (χ1v) is 9.12. The van der Waals surface area contributed by atoms with Crippen molar-refractivity contribution >= 4 is 29.3 Å². The smallest absolute Gasteiger partial charge is 0.337 e. The largest absolute Gasteiger partial charge is 0.492 e. The van der Waals surface area contributed by atoms with E-state index >= 15 is 0 Å². The van der Waals surface area contributed by atoms with E-state index < -0.39 is 12.0 Å². The van der Waals surface area contributed by atoms with Gasteiger partial charge in [-0.2, -0.15) is 0 Å². The third kappa shape index (κ3) is 4.92. The highest BCUT2D eigenvalue weighted by molar-refractivity contribution is 6.33. The van der Waals surface area contributed by atoms with Crippen LogP contribution in [0.25, 0.3) is 0 Å². The lowest BCUT2D eigenvalue weighted by Crippen LogP contribution is -2.32. The van der Waals surface area contributed by atoms with E-state index in [2.05, 4.69) is 27.5 Å². The Morgan fingerprint density at radius 1 is 1.11 bits per heavy atom. The molecule has 1 aliphatic rings. The summed E-state index contributed by atoms with van der Waals surface area (Å²) in [4.78, 5) is 23.6. The van der Waals surface area contributed by atoms with Crippen molar-refractivity contribution in [2.75, 3.05) is 25.6 Å². The average molecular weight is 389 g/mol. The fourth-order valence-electron chi connectivity index (χ4n) is 3.00. The number of nitrogens with one attached hydrogen (secondary N) is 2. The van der Waals surface area contributed by atoms with Crippen LogP contribution < -0.4 is 15.4 Å². The molecule has 27 heavy (non-hydrogen) atoms. The van der Waals surface area contributed by atoms with Crippen molar-refractivity contribution in [1.29, 1.82) is 0 Å². The number of ether oxygens (including phenoxy) is 2. The van der Waals surface area contributed by atoms with Gasteiger partial charge in [0.1, 0.15) is 12.4 Å². The number of fused-ring (bicyclic) bond motifs is 1. The standard InChI is InChI=1S/C20H21ClN2O4/c1-26-19(24)15-6-8-17(21)18(12-15)23-20(25)22-9-10-27-16-7-5-13-3-2-4-14(13)11-16/h5-8,11-12H,2-4,9-10H2,1H3,(H2,22,23,25). The Morgan fingerprint density at radius 3 is 2.74 bits per heavy atom. The molecule has 3 rings (SSSR count). The predicted molar refractivity (Wildman–Crippen MR) is 104 cm³/mol. The Morgan fingerprint density at radius 2 is 1.93 bits per heavy atom. The van der Waals surface area contributed by atoms with E-state index in [0.29, 0.717) is 29.4 Å². The normalized spacial score (nSPS) is 12.2. The summed E-state index contributed by atoms with van der Waals surface area (Å²) in [7, 11) is 1.29. The van der Waals surface area contributed by atoms with Crippen LogP contribution in [0.4, 0.5) is 10.5 Å². The number of carbonyl (C=O) groups is 2. The number of methoxy groups -OCH3 is 1. The number of rotatable bonds is 6. The summed E-state index contributed by atoms with van der Waals surface area (Å²) in [6.45, 7) is 0.680. The van der Waals surface area contributed by atoms with Crippen molar-refractivity contribution in [3.05, 3.63) is 58.1 Å². The maximum atomic E-state index is 12.0. The van der Waals surface area contributed by atoms with E-state index in [1.807, 2.05) is 6.07 Å². The van der Waals surface area contributed by atoms with Crippen molar-refractivity contribution < 1.29 is 19.1 Å². The summed E-state index contributed by atoms with van der Waals surface area (Å²) >= 11 is 6.06. The fraction of sp³-hybridized carbons (Fsp3) is 0.300. The molecule has 0 spiro atoms. The number of hydrogen-bond acceptors (Lipinski definition) is 4. The number of halogens is 1. The van der Waals surface area contributed by atoms with E-state index in [1.54, 1.807) is 0 Å². The zero-order valence-electron chi connectivity index (χ0n) is 15.0. The number of benzene rings is 2. The zero-order chi connectivity index (χ0) is 19.2. The number of esters is 1. The van der Waals surface area contributed by atoms with Crippen LogP contribution in [0.5, 0.6) is 5.75 Å². The van der Waals surface area contributed by atoms with Crippen LogP contribution in [0.15, 0.2) is 36.4 Å². The molecule has 142 valence electrons. The highest BCUT2D eigenvalue weighted by atomic mass is 35.5. The van der Waals surface area contributed by atoms with Gasteiger partial charge < -0.3 is 20.1 Å². The molecular formula is C20H21ClN2O4. The Kier molecular flexibility index (Phi) is 6.19. The third-order valence-corrected chi connectivity index (χ3v) is 4.69. The van der Waals surface area contributed by atoms with Gasteiger partial charge in [-0.05, 0) is 60.7 Å². The maximum absolute atomic E-state index is 12.0. The minimum atomic E-state index is -0.502. The number of urea groups is 1. The SMILES string of the molecule is COC(=O)c1ccc(Cl)c(NC(=O)NCCOc2ccc3c(c2)CCC3)c1. The monoisotopic (exact) mass is 388 g/mol. The molecule has 2 amide bonds. The van der Waals surface area contributed by atoms with E-state index in [9.17, 15) is 9.59 Å². The highest BCUT2D eigenvalue weighted by Crippen LogP contribution is 2.26. The number of amides is 2. The van der Waals surface area contributed by atoms with Crippen LogP contribution in [-0.2, 0) is 17.6 Å². The molecular weight excluding hydrogens is 368 g/mol. The second kappa shape index (κ2) is 8.77. The van der Waals surface area contributed by atoms with Crippen LogP contribution in [0.2, 0.25) is 5.02 Å². The maximum Gasteiger partial charge on any atom is 0.337 e. The van der Waals surface area contributed by atoms with Crippen LogP contribution in [0, 0.1) is 0 Å². The second-order valence-electron chi connectivity index (χ2n) is 6.20. The van der Waals surface area contributed by atoms with Crippen LogP contribution in [0.3, 0.4) is 0 Å². The van der Waals surface area contributed by atoms with Gasteiger partial charge in [0.05, 0.1) is 29.9 Å². The first kappa shape index (κ1) is 19.0. The van der Waals surface area contributed by atoms with Gasteiger partial charge in [0, 0.05) is 0 Å². The molecule has 7 heteroatoms. The van der Waals surface area contributed by atoms with Gasteiger partial charge in [0.15, 0.2) is 0 Å². The number of hydrogen-bond donors (Lipinski definition) is 2. The Balaban J connectivity index is 1.46. The molecule has 2 aromatic carbocycles. The molecule has 0 atom stereocenters. The molecule has 0 radical (unpaired) electrons. The lowest BCUT2D eigenvalue weighted by molar-refractivity contribution is 0.0600. The Bertz CT molecular complexity index is 854. The third-order valence-electron chi connectivity index (χ3n) is 4.36. The van der Waals surface area contributed by atoms with Gasteiger partial charge in [-0.1, -0.05) is 17.7 Å². The summed E-state index contributed by atoms with van der Waals surface area (Å²) in [5.41, 5.74) is 3.37. The van der Waals surface area contributed by atoms with Crippen LogP contribution in [-0.4, -0.2) is 32.3 Å². The van der Waals surface area contributed by atoms with Crippen molar-refractivity contribution in [2.24, 2.45) is 0 Å². The fourth-order valence-corrected chi connectivity index (χ4v) is 3.17. The molecule has 0 fully saturated rings. The Hall–Kier alpha value is -2.73. The van der Waals surface area contributed by atoms with Gasteiger partial charge >= 0.3 is 12.0 Å². The number of aryl methyl sites for hydroxylation is 2. The van der Waals surface area contributed by atoms with Gasteiger partial charge in [0.25, 0.3) is 0 Å². The van der Waals surface area contributed by atoms with E-state index in [1.165, 1.54) is 42.9 Å². The molecule has 6 nitrogen and oxygen atoms in total.